The molecule has 1 heterocycles. The van der Waals surface area contributed by atoms with Gasteiger partial charge in [-0.1, -0.05) is 31.2 Å². The smallest absolute Gasteiger partial charge is 0.0506 e. The van der Waals surface area contributed by atoms with E-state index in [0.717, 1.165) is 11.4 Å². The molecule has 0 aliphatic rings. The molecule has 0 fully saturated rings. The van der Waals surface area contributed by atoms with Crippen molar-refractivity contribution >= 4 is 11.8 Å². The first-order valence-corrected chi connectivity index (χ1v) is 5.92. The Morgan fingerprint density at radius 3 is 2.44 bits per heavy atom. The first-order valence-electron chi connectivity index (χ1n) is 4.94. The molecule has 0 aliphatic heterocycles. The van der Waals surface area contributed by atoms with Crippen molar-refractivity contribution in [2.24, 2.45) is 0 Å². The van der Waals surface area contributed by atoms with Gasteiger partial charge in [-0.3, -0.25) is 4.98 Å². The third-order valence-electron chi connectivity index (χ3n) is 2.13. The highest BCUT2D eigenvalue weighted by Crippen LogP contribution is 2.21. The fourth-order valence-corrected chi connectivity index (χ4v) is 2.09. The van der Waals surface area contributed by atoms with E-state index in [2.05, 4.69) is 42.2 Å². The van der Waals surface area contributed by atoms with Crippen molar-refractivity contribution < 1.29 is 0 Å². The van der Waals surface area contributed by atoms with Crippen molar-refractivity contribution in [1.82, 2.24) is 4.98 Å². The second kappa shape index (κ2) is 6.33. The van der Waals surface area contributed by atoms with Crippen LogP contribution < -0.4 is 0 Å². The standard InChI is InChI=1S/C13H13NS.CH4/c1-11-5-7-13(8-6-11)15-10-12-4-2-3-9-14-12;/h2-9H,10H2,1H3;1H4. The third-order valence-corrected chi connectivity index (χ3v) is 3.18. The summed E-state index contributed by atoms with van der Waals surface area (Å²) in [7, 11) is 0. The van der Waals surface area contributed by atoms with Gasteiger partial charge in [0.2, 0.25) is 0 Å². The molecule has 0 saturated carbocycles. The number of aromatic nitrogens is 1. The van der Waals surface area contributed by atoms with Gasteiger partial charge in [0.1, 0.15) is 0 Å². The largest absolute Gasteiger partial charge is 0.260 e. The predicted octanol–water partition coefficient (Wildman–Crippen LogP) is 4.32. The van der Waals surface area contributed by atoms with Gasteiger partial charge in [-0.25, -0.2) is 0 Å². The van der Waals surface area contributed by atoms with Crippen LogP contribution in [0.2, 0.25) is 0 Å². The van der Waals surface area contributed by atoms with E-state index in [1.165, 1.54) is 10.5 Å². The van der Waals surface area contributed by atoms with E-state index in [1.54, 1.807) is 0 Å². The van der Waals surface area contributed by atoms with Gasteiger partial charge in [0.25, 0.3) is 0 Å². The Bertz CT molecular complexity index is 409. The van der Waals surface area contributed by atoms with E-state index in [9.17, 15) is 0 Å². The Labute approximate surface area is 102 Å². The Balaban J connectivity index is 0.00000128. The fraction of sp³-hybridized carbons (Fsp3) is 0.214. The van der Waals surface area contributed by atoms with E-state index < -0.39 is 0 Å². The lowest BCUT2D eigenvalue weighted by molar-refractivity contribution is 1.17. The van der Waals surface area contributed by atoms with Crippen molar-refractivity contribution in [3.8, 4) is 0 Å². The van der Waals surface area contributed by atoms with Crippen molar-refractivity contribution in [1.29, 1.82) is 0 Å². The molecule has 0 radical (unpaired) electrons. The molecule has 1 nitrogen and oxygen atoms in total. The second-order valence-corrected chi connectivity index (χ2v) is 4.47. The average molecular weight is 231 g/mol. The van der Waals surface area contributed by atoms with Gasteiger partial charge < -0.3 is 0 Å². The molecule has 0 bridgehead atoms. The number of hydrogen-bond acceptors (Lipinski definition) is 2. The quantitative estimate of drug-likeness (QED) is 0.730. The Hall–Kier alpha value is -1.28. The van der Waals surface area contributed by atoms with Crippen molar-refractivity contribution in [3.05, 3.63) is 59.9 Å². The highest BCUT2D eigenvalue weighted by molar-refractivity contribution is 7.98. The molecule has 2 heteroatoms. The highest BCUT2D eigenvalue weighted by Gasteiger charge is 1.96. The van der Waals surface area contributed by atoms with Crippen LogP contribution in [-0.2, 0) is 5.75 Å². The van der Waals surface area contributed by atoms with E-state index in [1.807, 2.05) is 30.1 Å². The zero-order valence-electron chi connectivity index (χ0n) is 8.68. The Morgan fingerprint density at radius 1 is 1.06 bits per heavy atom. The number of benzene rings is 1. The van der Waals surface area contributed by atoms with E-state index in [-0.39, 0.29) is 7.43 Å². The van der Waals surface area contributed by atoms with Crippen LogP contribution in [0.15, 0.2) is 53.6 Å². The molecule has 0 aliphatic carbocycles. The van der Waals surface area contributed by atoms with Crippen molar-refractivity contribution in [2.45, 2.75) is 25.0 Å². The zero-order chi connectivity index (χ0) is 10.5. The number of rotatable bonds is 3. The zero-order valence-corrected chi connectivity index (χ0v) is 9.50. The number of thioether (sulfide) groups is 1. The van der Waals surface area contributed by atoms with Gasteiger partial charge in [0, 0.05) is 16.8 Å². The summed E-state index contributed by atoms with van der Waals surface area (Å²) in [5.41, 5.74) is 2.43. The average Bonchev–Trinajstić information content (AvgIpc) is 2.30. The number of aryl methyl sites for hydroxylation is 1. The summed E-state index contributed by atoms with van der Waals surface area (Å²) >= 11 is 1.82. The maximum atomic E-state index is 4.29. The van der Waals surface area contributed by atoms with E-state index in [4.69, 9.17) is 0 Å². The normalized spacial score (nSPS) is 9.56. The molecule has 2 rings (SSSR count). The fourth-order valence-electron chi connectivity index (χ4n) is 1.28. The van der Waals surface area contributed by atoms with Crippen LogP contribution >= 0.6 is 11.8 Å². The number of nitrogens with zero attached hydrogens (tertiary/aromatic N) is 1. The SMILES string of the molecule is C.Cc1ccc(SCc2ccccn2)cc1. The summed E-state index contributed by atoms with van der Waals surface area (Å²) in [4.78, 5) is 5.59. The number of hydrogen-bond donors (Lipinski definition) is 0. The van der Waals surface area contributed by atoms with E-state index in [0.29, 0.717) is 0 Å². The lowest BCUT2D eigenvalue weighted by Gasteiger charge is -2.01. The predicted molar refractivity (Wildman–Crippen MR) is 71.7 cm³/mol. The lowest BCUT2D eigenvalue weighted by atomic mass is 10.2. The molecule has 16 heavy (non-hydrogen) atoms. The number of pyridine rings is 1. The Morgan fingerprint density at radius 2 is 1.81 bits per heavy atom. The first-order chi connectivity index (χ1) is 7.34. The molecule has 0 amide bonds. The minimum Gasteiger partial charge on any atom is -0.260 e. The van der Waals surface area contributed by atoms with Crippen molar-refractivity contribution in [3.63, 3.8) is 0 Å². The van der Waals surface area contributed by atoms with Gasteiger partial charge in [-0.05, 0) is 31.2 Å². The highest BCUT2D eigenvalue weighted by atomic mass is 32.2. The molecular formula is C14H17NS. The summed E-state index contributed by atoms with van der Waals surface area (Å²) in [5.74, 6) is 0.934. The van der Waals surface area contributed by atoms with Crippen LogP contribution in [0.3, 0.4) is 0 Å². The molecule has 0 N–H and O–H groups in total. The molecule has 1 aromatic carbocycles. The van der Waals surface area contributed by atoms with Crippen LogP contribution in [0.4, 0.5) is 0 Å². The van der Waals surface area contributed by atoms with E-state index >= 15 is 0 Å². The molecule has 0 spiro atoms. The van der Waals surface area contributed by atoms with Gasteiger partial charge >= 0.3 is 0 Å². The summed E-state index contributed by atoms with van der Waals surface area (Å²) in [6.07, 6.45) is 1.84. The van der Waals surface area contributed by atoms with Crippen LogP contribution in [0.1, 0.15) is 18.7 Å². The van der Waals surface area contributed by atoms with Crippen LogP contribution in [0.25, 0.3) is 0 Å². The maximum absolute atomic E-state index is 4.29. The minimum atomic E-state index is 0. The molecule has 84 valence electrons. The molecule has 1 aromatic heterocycles. The van der Waals surface area contributed by atoms with Crippen LogP contribution in [0.5, 0.6) is 0 Å². The van der Waals surface area contributed by atoms with Gasteiger partial charge in [-0.2, -0.15) is 0 Å². The van der Waals surface area contributed by atoms with Gasteiger partial charge in [-0.15, -0.1) is 11.8 Å². The molecule has 0 atom stereocenters. The maximum Gasteiger partial charge on any atom is 0.0506 e. The summed E-state index contributed by atoms with van der Waals surface area (Å²) in [6.45, 7) is 2.10. The first kappa shape index (κ1) is 12.8. The topological polar surface area (TPSA) is 12.9 Å². The van der Waals surface area contributed by atoms with Crippen molar-refractivity contribution in [2.75, 3.05) is 0 Å². The minimum absolute atomic E-state index is 0. The molecule has 2 aromatic rings. The van der Waals surface area contributed by atoms with Gasteiger partial charge in [0.15, 0.2) is 0 Å². The summed E-state index contributed by atoms with van der Waals surface area (Å²) < 4.78 is 0. The van der Waals surface area contributed by atoms with Crippen LogP contribution in [0, 0.1) is 6.92 Å². The third kappa shape index (κ3) is 3.70. The molecular weight excluding hydrogens is 214 g/mol. The second-order valence-electron chi connectivity index (χ2n) is 3.42. The van der Waals surface area contributed by atoms with Crippen LogP contribution in [-0.4, -0.2) is 4.98 Å². The monoisotopic (exact) mass is 231 g/mol. The molecule has 0 unspecified atom stereocenters. The summed E-state index contributed by atoms with van der Waals surface area (Å²) in [5, 5.41) is 0. The lowest BCUT2D eigenvalue weighted by Crippen LogP contribution is -1.84. The Kier molecular flexibility index (Phi) is 5.06. The summed E-state index contributed by atoms with van der Waals surface area (Å²) in [6, 6.07) is 14.6. The molecule has 0 saturated heterocycles. The van der Waals surface area contributed by atoms with Gasteiger partial charge in [0.05, 0.1) is 5.69 Å².